The molecule has 0 bridgehead atoms. The molecule has 1 aromatic rings. The van der Waals surface area contributed by atoms with Crippen LogP contribution in [0.3, 0.4) is 0 Å². The minimum Gasteiger partial charge on any atom is -0.326 e. The first kappa shape index (κ1) is 14.5. The van der Waals surface area contributed by atoms with Crippen molar-refractivity contribution in [2.24, 2.45) is 0 Å². The number of hydrogen-bond donors (Lipinski definition) is 3. The summed E-state index contributed by atoms with van der Waals surface area (Å²) in [5.74, 6) is -0.147. The molecule has 0 spiro atoms. The van der Waals surface area contributed by atoms with Crippen molar-refractivity contribution in [1.82, 2.24) is 5.32 Å². The van der Waals surface area contributed by atoms with Gasteiger partial charge in [0.05, 0.1) is 6.54 Å². The third-order valence-corrected chi connectivity index (χ3v) is 3.40. The Morgan fingerprint density at radius 2 is 1.60 bits per heavy atom. The highest BCUT2D eigenvalue weighted by Gasteiger charge is 2.15. The van der Waals surface area contributed by atoms with E-state index in [1.807, 2.05) is 0 Å². The molecule has 1 saturated carbocycles. The lowest BCUT2D eigenvalue weighted by atomic mass is 10.2. The van der Waals surface area contributed by atoms with Crippen LogP contribution in [0, 0.1) is 0 Å². The maximum absolute atomic E-state index is 11.8. The molecule has 5 nitrogen and oxygen atoms in total. The van der Waals surface area contributed by atoms with Gasteiger partial charge in [-0.25, -0.2) is 0 Å². The van der Waals surface area contributed by atoms with E-state index < -0.39 is 0 Å². The highest BCUT2D eigenvalue weighted by Crippen LogP contribution is 2.17. The first-order valence-electron chi connectivity index (χ1n) is 7.04. The van der Waals surface area contributed by atoms with Crippen molar-refractivity contribution in [1.29, 1.82) is 0 Å². The van der Waals surface area contributed by atoms with Gasteiger partial charge in [-0.2, -0.15) is 0 Å². The molecular weight excluding hydrogens is 254 g/mol. The second-order valence-electron chi connectivity index (χ2n) is 5.17. The van der Waals surface area contributed by atoms with Gasteiger partial charge >= 0.3 is 0 Å². The molecule has 1 fully saturated rings. The topological polar surface area (TPSA) is 70.2 Å². The monoisotopic (exact) mass is 275 g/mol. The molecule has 2 amide bonds. The van der Waals surface area contributed by atoms with Gasteiger partial charge in [-0.05, 0) is 37.1 Å². The Morgan fingerprint density at radius 3 is 2.15 bits per heavy atom. The van der Waals surface area contributed by atoms with Gasteiger partial charge in [-0.3, -0.25) is 9.59 Å². The molecule has 1 aromatic carbocycles. The highest BCUT2D eigenvalue weighted by molar-refractivity contribution is 5.93. The maximum Gasteiger partial charge on any atom is 0.238 e. The molecule has 0 aliphatic heterocycles. The van der Waals surface area contributed by atoms with E-state index in [4.69, 9.17) is 0 Å². The summed E-state index contributed by atoms with van der Waals surface area (Å²) >= 11 is 0. The standard InChI is InChI=1S/C15H21N3O2/c1-11(19)17-13-6-8-14(9-7-13)18-15(20)10-16-12-4-2-3-5-12/h6-9,12,16H,2-5,10H2,1H3,(H,17,19)(H,18,20). The molecule has 108 valence electrons. The van der Waals surface area contributed by atoms with Crippen LogP contribution in [0.5, 0.6) is 0 Å². The molecular formula is C15H21N3O2. The fraction of sp³-hybridized carbons (Fsp3) is 0.467. The predicted molar refractivity (Wildman–Crippen MR) is 79.6 cm³/mol. The molecule has 0 atom stereocenters. The van der Waals surface area contributed by atoms with Crippen LogP contribution in [0.2, 0.25) is 0 Å². The average molecular weight is 275 g/mol. The van der Waals surface area contributed by atoms with Crippen molar-refractivity contribution in [2.75, 3.05) is 17.2 Å². The summed E-state index contributed by atoms with van der Waals surface area (Å²) < 4.78 is 0. The van der Waals surface area contributed by atoms with Gasteiger partial charge in [-0.15, -0.1) is 0 Å². The van der Waals surface area contributed by atoms with Gasteiger partial charge in [0.1, 0.15) is 0 Å². The van der Waals surface area contributed by atoms with E-state index in [0.717, 1.165) is 11.4 Å². The lowest BCUT2D eigenvalue weighted by Gasteiger charge is -2.12. The molecule has 20 heavy (non-hydrogen) atoms. The van der Waals surface area contributed by atoms with Crippen LogP contribution >= 0.6 is 0 Å². The summed E-state index contributed by atoms with van der Waals surface area (Å²) in [6.45, 7) is 1.81. The van der Waals surface area contributed by atoms with Crippen molar-refractivity contribution in [3.05, 3.63) is 24.3 Å². The van der Waals surface area contributed by atoms with Crippen LogP contribution in [-0.2, 0) is 9.59 Å². The van der Waals surface area contributed by atoms with Gasteiger partial charge in [0.15, 0.2) is 0 Å². The number of anilines is 2. The third kappa shape index (κ3) is 4.66. The van der Waals surface area contributed by atoms with Crippen LogP contribution in [0.15, 0.2) is 24.3 Å². The second-order valence-corrected chi connectivity index (χ2v) is 5.17. The van der Waals surface area contributed by atoms with Gasteiger partial charge in [0.25, 0.3) is 0 Å². The molecule has 0 unspecified atom stereocenters. The zero-order valence-corrected chi connectivity index (χ0v) is 11.7. The van der Waals surface area contributed by atoms with Crippen molar-refractivity contribution in [2.45, 2.75) is 38.6 Å². The van der Waals surface area contributed by atoms with E-state index in [1.165, 1.54) is 32.6 Å². The second kappa shape index (κ2) is 7.05. The highest BCUT2D eigenvalue weighted by atomic mass is 16.2. The number of carbonyl (C=O) groups excluding carboxylic acids is 2. The van der Waals surface area contributed by atoms with Gasteiger partial charge < -0.3 is 16.0 Å². The van der Waals surface area contributed by atoms with E-state index in [9.17, 15) is 9.59 Å². The lowest BCUT2D eigenvalue weighted by Crippen LogP contribution is -2.34. The van der Waals surface area contributed by atoms with Crippen molar-refractivity contribution in [3.63, 3.8) is 0 Å². The van der Waals surface area contributed by atoms with E-state index in [0.29, 0.717) is 12.6 Å². The van der Waals surface area contributed by atoms with E-state index in [-0.39, 0.29) is 11.8 Å². The lowest BCUT2D eigenvalue weighted by molar-refractivity contribution is -0.115. The van der Waals surface area contributed by atoms with E-state index in [1.54, 1.807) is 24.3 Å². The first-order valence-corrected chi connectivity index (χ1v) is 7.04. The molecule has 1 aliphatic rings. The first-order chi connectivity index (χ1) is 9.63. The molecule has 0 radical (unpaired) electrons. The van der Waals surface area contributed by atoms with Crippen molar-refractivity contribution >= 4 is 23.2 Å². The third-order valence-electron chi connectivity index (χ3n) is 3.40. The summed E-state index contributed by atoms with van der Waals surface area (Å²) in [4.78, 5) is 22.7. The Hall–Kier alpha value is -1.88. The average Bonchev–Trinajstić information content (AvgIpc) is 2.91. The molecule has 3 N–H and O–H groups in total. The maximum atomic E-state index is 11.8. The number of rotatable bonds is 5. The fourth-order valence-electron chi connectivity index (χ4n) is 2.41. The normalized spacial score (nSPS) is 15.1. The van der Waals surface area contributed by atoms with Gasteiger partial charge in [0, 0.05) is 24.3 Å². The Morgan fingerprint density at radius 1 is 1.05 bits per heavy atom. The minimum atomic E-state index is -0.109. The molecule has 0 heterocycles. The van der Waals surface area contributed by atoms with Gasteiger partial charge in [0.2, 0.25) is 11.8 Å². The van der Waals surface area contributed by atoms with Crippen molar-refractivity contribution < 1.29 is 9.59 Å². The summed E-state index contributed by atoms with van der Waals surface area (Å²) in [7, 11) is 0. The molecule has 1 aliphatic carbocycles. The number of nitrogens with one attached hydrogen (secondary N) is 3. The number of carbonyl (C=O) groups is 2. The van der Waals surface area contributed by atoms with Crippen LogP contribution in [0.4, 0.5) is 11.4 Å². The summed E-state index contributed by atoms with van der Waals surface area (Å²) in [5.41, 5.74) is 1.46. The summed E-state index contributed by atoms with van der Waals surface area (Å²) in [6.07, 6.45) is 4.84. The Labute approximate surface area is 119 Å². The number of benzene rings is 1. The Balaban J connectivity index is 1.76. The van der Waals surface area contributed by atoms with Crippen LogP contribution in [0.1, 0.15) is 32.6 Å². The number of hydrogen-bond acceptors (Lipinski definition) is 3. The van der Waals surface area contributed by atoms with Crippen LogP contribution in [-0.4, -0.2) is 24.4 Å². The largest absolute Gasteiger partial charge is 0.326 e. The van der Waals surface area contributed by atoms with E-state index in [2.05, 4.69) is 16.0 Å². The quantitative estimate of drug-likeness (QED) is 0.771. The van der Waals surface area contributed by atoms with E-state index >= 15 is 0 Å². The van der Waals surface area contributed by atoms with Gasteiger partial charge in [-0.1, -0.05) is 12.8 Å². The molecule has 0 aromatic heterocycles. The van der Waals surface area contributed by atoms with Crippen molar-refractivity contribution in [3.8, 4) is 0 Å². The Bertz CT molecular complexity index is 465. The SMILES string of the molecule is CC(=O)Nc1ccc(NC(=O)CNC2CCCC2)cc1. The molecule has 2 rings (SSSR count). The summed E-state index contributed by atoms with van der Waals surface area (Å²) in [5, 5.41) is 8.79. The minimum absolute atomic E-state index is 0.0378. The zero-order valence-electron chi connectivity index (χ0n) is 11.7. The molecule has 0 saturated heterocycles. The number of amides is 2. The predicted octanol–water partition coefficient (Wildman–Crippen LogP) is 2.12. The molecule has 5 heteroatoms. The van der Waals surface area contributed by atoms with Crippen LogP contribution in [0.25, 0.3) is 0 Å². The fourth-order valence-corrected chi connectivity index (χ4v) is 2.41. The zero-order chi connectivity index (χ0) is 14.4. The van der Waals surface area contributed by atoms with Crippen LogP contribution < -0.4 is 16.0 Å². The summed E-state index contributed by atoms with van der Waals surface area (Å²) in [6, 6.07) is 7.57. The smallest absolute Gasteiger partial charge is 0.238 e. The Kier molecular flexibility index (Phi) is 5.12.